The predicted octanol–water partition coefficient (Wildman–Crippen LogP) is 16.8. The minimum absolute atomic E-state index is 0.0667. The van der Waals surface area contributed by atoms with Gasteiger partial charge in [0, 0.05) is 6.42 Å². The molecule has 0 aliphatic carbocycles. The molecule has 3 N–H and O–H groups in total. The van der Waals surface area contributed by atoms with Crippen LogP contribution in [0.4, 0.5) is 0 Å². The number of allylic oxidation sites excluding steroid dienone is 6. The summed E-state index contributed by atoms with van der Waals surface area (Å²) in [5, 5.41) is 23.8. The summed E-state index contributed by atoms with van der Waals surface area (Å²) in [4.78, 5) is 26.2. The number of aliphatic hydroxyl groups is 2. The molecule has 0 aliphatic heterocycles. The van der Waals surface area contributed by atoms with Gasteiger partial charge < -0.3 is 20.3 Å². The maximum Gasteiger partial charge on any atom is 0.306 e. The van der Waals surface area contributed by atoms with E-state index in [1.165, 1.54) is 154 Å². The molecule has 63 heavy (non-hydrogen) atoms. The number of aliphatic hydroxyl groups excluding tert-OH is 2. The van der Waals surface area contributed by atoms with Crippen molar-refractivity contribution in [2.24, 2.45) is 0 Å². The maximum atomic E-state index is 13.2. The van der Waals surface area contributed by atoms with E-state index in [1.807, 2.05) is 0 Å². The predicted molar refractivity (Wildman–Crippen MR) is 273 cm³/mol. The number of unbranched alkanes of at least 4 members (excludes halogenated alkanes) is 32. The first-order valence-electron chi connectivity index (χ1n) is 27.7. The van der Waals surface area contributed by atoms with Crippen LogP contribution in [-0.2, 0) is 14.3 Å². The summed E-state index contributed by atoms with van der Waals surface area (Å²) in [7, 11) is 0. The fourth-order valence-corrected chi connectivity index (χ4v) is 8.56. The van der Waals surface area contributed by atoms with Crippen LogP contribution in [0.1, 0.15) is 290 Å². The third-order valence-corrected chi connectivity index (χ3v) is 12.7. The van der Waals surface area contributed by atoms with Gasteiger partial charge in [-0.2, -0.15) is 0 Å². The van der Waals surface area contributed by atoms with Gasteiger partial charge in [0.15, 0.2) is 0 Å². The standard InChI is InChI=1S/C57H107NO5/c1-4-7-10-13-16-19-22-25-27-28-29-32-35-38-41-44-47-50-57(62)63-53(48-45-42-39-36-33-31-26-23-20-17-14-11-8-5-2)51-56(61)58-54(52-59)55(60)49-46-43-40-37-34-30-24-21-18-15-12-9-6-3/h8,11,17,20,26,31,53-55,59-60H,4-7,9-10,12-16,18-19,21-25,27-30,32-52H2,1-3H3,(H,58,61)/b11-8+,20-17+,31-26+. The van der Waals surface area contributed by atoms with E-state index in [0.717, 1.165) is 89.9 Å². The van der Waals surface area contributed by atoms with Gasteiger partial charge in [0.05, 0.1) is 25.2 Å². The fraction of sp³-hybridized carbons (Fsp3) is 0.860. The third kappa shape index (κ3) is 46.4. The molecule has 0 aromatic carbocycles. The Morgan fingerprint density at radius 3 is 1.30 bits per heavy atom. The van der Waals surface area contributed by atoms with Gasteiger partial charge >= 0.3 is 5.97 Å². The monoisotopic (exact) mass is 886 g/mol. The summed E-state index contributed by atoms with van der Waals surface area (Å²) >= 11 is 0. The van der Waals surface area contributed by atoms with Gasteiger partial charge in [-0.15, -0.1) is 0 Å². The van der Waals surface area contributed by atoms with Crippen molar-refractivity contribution in [2.45, 2.75) is 309 Å². The molecule has 0 saturated carbocycles. The molecule has 370 valence electrons. The van der Waals surface area contributed by atoms with Crippen molar-refractivity contribution in [3.63, 3.8) is 0 Å². The number of esters is 1. The number of hydrogen-bond donors (Lipinski definition) is 3. The molecule has 0 bridgehead atoms. The highest BCUT2D eigenvalue weighted by atomic mass is 16.5. The van der Waals surface area contributed by atoms with Crippen molar-refractivity contribution in [3.8, 4) is 0 Å². The second-order valence-corrected chi connectivity index (χ2v) is 19.0. The van der Waals surface area contributed by atoms with Crippen LogP contribution < -0.4 is 5.32 Å². The Balaban J connectivity index is 4.55. The molecule has 0 rings (SSSR count). The summed E-state index contributed by atoms with van der Waals surface area (Å²) < 4.78 is 5.95. The van der Waals surface area contributed by atoms with Gasteiger partial charge in [-0.1, -0.05) is 256 Å². The first-order chi connectivity index (χ1) is 31.0. The molecule has 0 aromatic heterocycles. The second-order valence-electron chi connectivity index (χ2n) is 19.0. The number of carbonyl (C=O) groups is 2. The maximum absolute atomic E-state index is 13.2. The van der Waals surface area contributed by atoms with E-state index >= 15 is 0 Å². The highest BCUT2D eigenvalue weighted by molar-refractivity contribution is 5.77. The Kier molecular flexibility index (Phi) is 49.5. The average molecular weight is 886 g/mol. The van der Waals surface area contributed by atoms with Crippen LogP contribution in [0, 0.1) is 0 Å². The zero-order chi connectivity index (χ0) is 45.9. The zero-order valence-corrected chi connectivity index (χ0v) is 42.2. The van der Waals surface area contributed by atoms with E-state index in [4.69, 9.17) is 4.74 Å². The van der Waals surface area contributed by atoms with Crippen LogP contribution in [0.3, 0.4) is 0 Å². The van der Waals surface area contributed by atoms with E-state index < -0.39 is 18.2 Å². The van der Waals surface area contributed by atoms with Gasteiger partial charge in [-0.05, 0) is 57.8 Å². The second kappa shape index (κ2) is 51.1. The van der Waals surface area contributed by atoms with E-state index in [-0.39, 0.29) is 24.9 Å². The molecular weight excluding hydrogens is 779 g/mol. The van der Waals surface area contributed by atoms with Crippen LogP contribution in [0.5, 0.6) is 0 Å². The Morgan fingerprint density at radius 2 is 0.857 bits per heavy atom. The van der Waals surface area contributed by atoms with Crippen LogP contribution in [0.2, 0.25) is 0 Å². The Morgan fingerprint density at radius 1 is 0.476 bits per heavy atom. The number of rotatable bonds is 50. The minimum Gasteiger partial charge on any atom is -0.462 e. The summed E-state index contributed by atoms with van der Waals surface area (Å²) in [5.74, 6) is -0.481. The molecule has 1 amide bonds. The van der Waals surface area contributed by atoms with Gasteiger partial charge in [0.1, 0.15) is 6.10 Å². The van der Waals surface area contributed by atoms with Gasteiger partial charge in [0.2, 0.25) is 5.91 Å². The smallest absolute Gasteiger partial charge is 0.306 e. The van der Waals surface area contributed by atoms with E-state index in [2.05, 4.69) is 62.5 Å². The third-order valence-electron chi connectivity index (χ3n) is 12.7. The molecule has 0 saturated heterocycles. The molecule has 0 heterocycles. The van der Waals surface area contributed by atoms with Crippen molar-refractivity contribution in [3.05, 3.63) is 36.5 Å². The summed E-state index contributed by atoms with van der Waals surface area (Å²) in [6.45, 7) is 6.39. The van der Waals surface area contributed by atoms with Crippen molar-refractivity contribution >= 4 is 11.9 Å². The molecule has 6 heteroatoms. The summed E-state index contributed by atoms with van der Waals surface area (Å²) in [6, 6.07) is -0.706. The molecule has 3 atom stereocenters. The first kappa shape index (κ1) is 61.1. The molecule has 0 radical (unpaired) electrons. The topological polar surface area (TPSA) is 95.9 Å². The van der Waals surface area contributed by atoms with Crippen molar-refractivity contribution in [1.29, 1.82) is 0 Å². The van der Waals surface area contributed by atoms with Crippen LogP contribution in [0.15, 0.2) is 36.5 Å². The summed E-state index contributed by atoms with van der Waals surface area (Å²) in [5.41, 5.74) is 0. The lowest BCUT2D eigenvalue weighted by Crippen LogP contribution is -2.46. The summed E-state index contributed by atoms with van der Waals surface area (Å²) in [6.07, 6.45) is 60.7. The van der Waals surface area contributed by atoms with Crippen LogP contribution in [0.25, 0.3) is 0 Å². The van der Waals surface area contributed by atoms with E-state index in [9.17, 15) is 19.8 Å². The van der Waals surface area contributed by atoms with Crippen LogP contribution in [-0.4, -0.2) is 46.9 Å². The lowest BCUT2D eigenvalue weighted by atomic mass is 10.0. The van der Waals surface area contributed by atoms with Gasteiger partial charge in [-0.3, -0.25) is 9.59 Å². The van der Waals surface area contributed by atoms with Crippen molar-refractivity contribution in [1.82, 2.24) is 5.32 Å². The number of amides is 1. The normalized spacial score (nSPS) is 13.4. The fourth-order valence-electron chi connectivity index (χ4n) is 8.56. The molecule has 0 aromatic rings. The Hall–Kier alpha value is -1.92. The number of ether oxygens (including phenoxy) is 1. The van der Waals surface area contributed by atoms with E-state index in [1.54, 1.807) is 0 Å². The Labute approximate surface area is 392 Å². The zero-order valence-electron chi connectivity index (χ0n) is 42.2. The van der Waals surface area contributed by atoms with Gasteiger partial charge in [-0.25, -0.2) is 0 Å². The van der Waals surface area contributed by atoms with Crippen molar-refractivity contribution in [2.75, 3.05) is 6.61 Å². The van der Waals surface area contributed by atoms with E-state index in [0.29, 0.717) is 19.3 Å². The largest absolute Gasteiger partial charge is 0.462 e. The first-order valence-corrected chi connectivity index (χ1v) is 27.7. The number of nitrogens with one attached hydrogen (secondary N) is 1. The number of hydrogen-bond acceptors (Lipinski definition) is 5. The average Bonchev–Trinajstić information content (AvgIpc) is 3.28. The molecule has 0 fully saturated rings. The Bertz CT molecular complexity index is 1040. The molecular formula is C57H107NO5. The lowest BCUT2D eigenvalue weighted by molar-refractivity contribution is -0.151. The molecule has 0 spiro atoms. The quantitative estimate of drug-likeness (QED) is 0.0321. The highest BCUT2D eigenvalue weighted by Gasteiger charge is 2.24. The minimum atomic E-state index is -0.791. The van der Waals surface area contributed by atoms with Gasteiger partial charge in [0.25, 0.3) is 0 Å². The highest BCUT2D eigenvalue weighted by Crippen LogP contribution is 2.18. The molecule has 6 nitrogen and oxygen atoms in total. The molecule has 0 aliphatic rings. The van der Waals surface area contributed by atoms with Crippen LogP contribution >= 0.6 is 0 Å². The van der Waals surface area contributed by atoms with Crippen molar-refractivity contribution < 1.29 is 24.5 Å². The lowest BCUT2D eigenvalue weighted by Gasteiger charge is -2.24. The SMILES string of the molecule is CC/C=C/C/C=C/C/C=C/CCCCCCC(CC(=O)NC(CO)C(O)CCCCCCCCCCCCCCC)OC(=O)CCCCCCCCCCCCCCCCCCC. The molecule has 3 unspecified atom stereocenters. The number of carbonyl (C=O) groups excluding carboxylic acids is 2.